The van der Waals surface area contributed by atoms with Crippen molar-refractivity contribution in [2.45, 2.75) is 70.8 Å². The Morgan fingerprint density at radius 1 is 0.826 bits per heavy atom. The van der Waals surface area contributed by atoms with Gasteiger partial charge in [-0.25, -0.2) is 0 Å². The van der Waals surface area contributed by atoms with E-state index in [0.29, 0.717) is 19.8 Å². The Bertz CT molecular complexity index is 299. The van der Waals surface area contributed by atoms with Gasteiger partial charge in [-0.15, -0.1) is 11.6 Å². The van der Waals surface area contributed by atoms with E-state index in [1.165, 1.54) is 0 Å². The highest BCUT2D eigenvalue weighted by atomic mass is 35.5. The Morgan fingerprint density at radius 3 is 1.78 bits per heavy atom. The van der Waals surface area contributed by atoms with E-state index < -0.39 is 0 Å². The second-order valence-electron chi connectivity index (χ2n) is 5.95. The fraction of sp³-hybridized carbons (Fsp3) is 0.882. The highest BCUT2D eigenvalue weighted by molar-refractivity contribution is 6.20. The van der Waals surface area contributed by atoms with Crippen molar-refractivity contribution >= 4 is 11.6 Å². The number of halogens is 1. The molecule has 0 amide bonds. The average Bonchev–Trinajstić information content (AvgIpc) is 2.52. The fourth-order valence-corrected chi connectivity index (χ4v) is 1.62. The summed E-state index contributed by atoms with van der Waals surface area (Å²) in [5.41, 5.74) is 0. The molecule has 0 aromatic heterocycles. The number of allylic oxidation sites excluding steroid dienone is 1. The van der Waals surface area contributed by atoms with Gasteiger partial charge in [-0.1, -0.05) is 0 Å². The number of aliphatic hydroxyl groups is 1. The van der Waals surface area contributed by atoms with Crippen LogP contribution in [-0.2, 0) is 18.9 Å². The van der Waals surface area contributed by atoms with E-state index in [2.05, 4.69) is 0 Å². The Hall–Kier alpha value is -0.330. The molecule has 0 radical (unpaired) electrons. The second kappa shape index (κ2) is 14.1. The zero-order valence-electron chi connectivity index (χ0n) is 15.0. The largest absolute Gasteiger partial charge is 0.496 e. The van der Waals surface area contributed by atoms with Gasteiger partial charge in [-0.3, -0.25) is 0 Å². The predicted molar refractivity (Wildman–Crippen MR) is 92.9 cm³/mol. The van der Waals surface area contributed by atoms with E-state index in [9.17, 15) is 0 Å². The molecule has 0 aliphatic carbocycles. The molecule has 0 bridgehead atoms. The molecule has 138 valence electrons. The number of ether oxygens (including phenoxy) is 4. The maximum atomic E-state index is 8.88. The summed E-state index contributed by atoms with van der Waals surface area (Å²) in [6.45, 7) is 11.1. The van der Waals surface area contributed by atoms with Crippen molar-refractivity contribution in [1.29, 1.82) is 0 Å². The first-order chi connectivity index (χ1) is 10.8. The molecule has 5 nitrogen and oxygen atoms in total. The first-order valence-corrected chi connectivity index (χ1v) is 8.68. The van der Waals surface area contributed by atoms with E-state index in [1.807, 2.05) is 40.7 Å². The minimum absolute atomic E-state index is 0.0162. The molecule has 0 spiro atoms. The maximum absolute atomic E-state index is 8.88. The van der Waals surface area contributed by atoms with Crippen molar-refractivity contribution in [2.24, 2.45) is 0 Å². The van der Waals surface area contributed by atoms with Crippen LogP contribution in [0.1, 0.15) is 41.0 Å². The molecule has 5 atom stereocenters. The topological polar surface area (TPSA) is 57.2 Å². The van der Waals surface area contributed by atoms with Gasteiger partial charge in [0.05, 0.1) is 51.0 Å². The van der Waals surface area contributed by atoms with Gasteiger partial charge in [0, 0.05) is 5.38 Å². The number of alkyl halides is 1. The van der Waals surface area contributed by atoms with E-state index in [-0.39, 0.29) is 36.4 Å². The molecule has 23 heavy (non-hydrogen) atoms. The summed E-state index contributed by atoms with van der Waals surface area (Å²) >= 11 is 5.84. The lowest BCUT2D eigenvalue weighted by atomic mass is 10.3. The maximum Gasteiger partial charge on any atom is 0.118 e. The Labute approximate surface area is 145 Å². The van der Waals surface area contributed by atoms with Gasteiger partial charge < -0.3 is 24.1 Å². The fourth-order valence-electron chi connectivity index (χ4n) is 1.52. The third kappa shape index (κ3) is 15.0. The number of rotatable bonds is 14. The van der Waals surface area contributed by atoms with Crippen LogP contribution < -0.4 is 0 Å². The van der Waals surface area contributed by atoms with E-state index in [4.69, 9.17) is 35.7 Å². The van der Waals surface area contributed by atoms with Crippen LogP contribution >= 0.6 is 11.6 Å². The summed E-state index contributed by atoms with van der Waals surface area (Å²) in [6, 6.07) is 0. The van der Waals surface area contributed by atoms with Crippen molar-refractivity contribution < 1.29 is 24.1 Å². The van der Waals surface area contributed by atoms with E-state index >= 15 is 0 Å². The standard InChI is InChI=1S/C17H33ClO5/c1-13(18)7-6-8-20-15(3)10-22-17(5)12-23-16(4)11-21-14(2)9-19/h6,8,13-17,19H,7,9-12H2,1-5H3. The molecule has 0 saturated carbocycles. The van der Waals surface area contributed by atoms with Crippen LogP contribution in [-0.4, -0.2) is 61.3 Å². The smallest absolute Gasteiger partial charge is 0.118 e. The number of hydrogen-bond acceptors (Lipinski definition) is 5. The minimum atomic E-state index is -0.164. The summed E-state index contributed by atoms with van der Waals surface area (Å²) in [6.07, 6.45) is 4.13. The van der Waals surface area contributed by atoms with Crippen molar-refractivity contribution in [3.05, 3.63) is 12.3 Å². The van der Waals surface area contributed by atoms with Crippen molar-refractivity contribution in [3.8, 4) is 0 Å². The Balaban J connectivity index is 3.69. The second-order valence-corrected chi connectivity index (χ2v) is 6.69. The molecule has 0 heterocycles. The third-order valence-electron chi connectivity index (χ3n) is 2.97. The Kier molecular flexibility index (Phi) is 13.8. The number of aliphatic hydroxyl groups excluding tert-OH is 1. The molecule has 0 aromatic carbocycles. The predicted octanol–water partition coefficient (Wildman–Crippen LogP) is 3.13. The summed E-state index contributed by atoms with van der Waals surface area (Å²) in [5.74, 6) is 0. The lowest BCUT2D eigenvalue weighted by molar-refractivity contribution is -0.0833. The molecule has 0 aliphatic rings. The molecular weight excluding hydrogens is 320 g/mol. The Morgan fingerprint density at radius 2 is 1.30 bits per heavy atom. The van der Waals surface area contributed by atoms with E-state index in [0.717, 1.165) is 6.42 Å². The summed E-state index contributed by atoms with van der Waals surface area (Å²) in [4.78, 5) is 0. The number of hydrogen-bond donors (Lipinski definition) is 1. The van der Waals surface area contributed by atoms with Crippen molar-refractivity contribution in [2.75, 3.05) is 26.4 Å². The highest BCUT2D eigenvalue weighted by Crippen LogP contribution is 2.04. The molecule has 6 heteroatoms. The molecule has 0 saturated heterocycles. The van der Waals surface area contributed by atoms with Gasteiger partial charge in [0.25, 0.3) is 0 Å². The third-order valence-corrected chi connectivity index (χ3v) is 3.15. The highest BCUT2D eigenvalue weighted by Gasteiger charge is 2.10. The monoisotopic (exact) mass is 352 g/mol. The summed E-state index contributed by atoms with van der Waals surface area (Å²) in [7, 11) is 0. The lowest BCUT2D eigenvalue weighted by Gasteiger charge is -2.20. The van der Waals surface area contributed by atoms with Gasteiger partial charge >= 0.3 is 0 Å². The van der Waals surface area contributed by atoms with Crippen LogP contribution in [0, 0.1) is 0 Å². The normalized spacial score (nSPS) is 18.6. The van der Waals surface area contributed by atoms with Gasteiger partial charge in [-0.05, 0) is 47.1 Å². The van der Waals surface area contributed by atoms with Gasteiger partial charge in [0.1, 0.15) is 6.10 Å². The zero-order chi connectivity index (χ0) is 17.7. The van der Waals surface area contributed by atoms with Gasteiger partial charge in [0.15, 0.2) is 0 Å². The summed E-state index contributed by atoms with van der Waals surface area (Å²) < 4.78 is 22.2. The van der Waals surface area contributed by atoms with Crippen molar-refractivity contribution in [1.82, 2.24) is 0 Å². The quantitative estimate of drug-likeness (QED) is 0.384. The summed E-state index contributed by atoms with van der Waals surface area (Å²) in [5, 5.41) is 9.00. The molecule has 1 N–H and O–H groups in total. The molecule has 5 unspecified atom stereocenters. The van der Waals surface area contributed by atoms with Crippen LogP contribution in [0.2, 0.25) is 0 Å². The SMILES string of the molecule is CC(Cl)CC=COC(C)COC(C)COC(C)COC(C)CO. The first-order valence-electron chi connectivity index (χ1n) is 8.25. The van der Waals surface area contributed by atoms with Crippen LogP contribution in [0.4, 0.5) is 0 Å². The molecular formula is C17H33ClO5. The molecule has 0 aliphatic heterocycles. The zero-order valence-corrected chi connectivity index (χ0v) is 15.8. The first kappa shape index (κ1) is 22.7. The average molecular weight is 353 g/mol. The molecule has 0 aromatic rings. The van der Waals surface area contributed by atoms with E-state index in [1.54, 1.807) is 6.26 Å². The van der Waals surface area contributed by atoms with Crippen LogP contribution in [0.25, 0.3) is 0 Å². The van der Waals surface area contributed by atoms with Gasteiger partial charge in [0.2, 0.25) is 0 Å². The van der Waals surface area contributed by atoms with Crippen LogP contribution in [0.5, 0.6) is 0 Å². The van der Waals surface area contributed by atoms with Gasteiger partial charge in [-0.2, -0.15) is 0 Å². The molecule has 0 fully saturated rings. The van der Waals surface area contributed by atoms with Crippen LogP contribution in [0.15, 0.2) is 12.3 Å². The van der Waals surface area contributed by atoms with Crippen molar-refractivity contribution in [3.63, 3.8) is 0 Å². The minimum Gasteiger partial charge on any atom is -0.496 e. The lowest BCUT2D eigenvalue weighted by Crippen LogP contribution is -2.27. The molecule has 0 rings (SSSR count). The van der Waals surface area contributed by atoms with Crippen LogP contribution in [0.3, 0.4) is 0 Å².